The number of amides is 1. The highest BCUT2D eigenvalue weighted by Crippen LogP contribution is 2.30. The molecule has 2 aromatic heterocycles. The Bertz CT molecular complexity index is 810. The van der Waals surface area contributed by atoms with Gasteiger partial charge in [-0.05, 0) is 30.7 Å². The first-order valence-electron chi connectivity index (χ1n) is 6.67. The first-order valence-corrected chi connectivity index (χ1v) is 8.75. The Morgan fingerprint density at radius 1 is 1.27 bits per heavy atom. The van der Waals surface area contributed by atoms with Gasteiger partial charge in [0.1, 0.15) is 10.7 Å². The quantitative estimate of drug-likeness (QED) is 0.738. The summed E-state index contributed by atoms with van der Waals surface area (Å²) in [5.41, 5.74) is 1.33. The molecule has 0 unspecified atom stereocenters. The SMILES string of the molecule is Cc1ccc(-c2nc(C(=O)NCc3ccccc3Cl)cs2)s1. The molecule has 3 nitrogen and oxygen atoms in total. The molecule has 22 heavy (non-hydrogen) atoms. The molecule has 0 saturated heterocycles. The van der Waals surface area contributed by atoms with Crippen molar-refractivity contribution in [1.29, 1.82) is 0 Å². The van der Waals surface area contributed by atoms with Gasteiger partial charge in [-0.25, -0.2) is 4.98 Å². The van der Waals surface area contributed by atoms with Crippen LogP contribution in [0.15, 0.2) is 41.8 Å². The zero-order chi connectivity index (χ0) is 15.5. The molecule has 3 rings (SSSR count). The van der Waals surface area contributed by atoms with E-state index in [4.69, 9.17) is 11.6 Å². The van der Waals surface area contributed by atoms with Crippen LogP contribution in [0.5, 0.6) is 0 Å². The number of thiazole rings is 1. The molecule has 1 aromatic carbocycles. The number of hydrogen-bond acceptors (Lipinski definition) is 4. The maximum Gasteiger partial charge on any atom is 0.271 e. The Morgan fingerprint density at radius 3 is 2.82 bits per heavy atom. The van der Waals surface area contributed by atoms with Gasteiger partial charge in [-0.1, -0.05) is 29.8 Å². The minimum atomic E-state index is -0.185. The molecule has 2 heterocycles. The molecule has 1 N–H and O–H groups in total. The van der Waals surface area contributed by atoms with Crippen LogP contribution in [-0.2, 0) is 6.54 Å². The van der Waals surface area contributed by atoms with Crippen molar-refractivity contribution < 1.29 is 4.79 Å². The lowest BCUT2D eigenvalue weighted by molar-refractivity contribution is 0.0946. The van der Waals surface area contributed by atoms with E-state index in [1.807, 2.05) is 30.3 Å². The monoisotopic (exact) mass is 348 g/mol. The lowest BCUT2D eigenvalue weighted by Crippen LogP contribution is -2.23. The Balaban J connectivity index is 1.68. The average Bonchev–Trinajstić information content (AvgIpc) is 3.15. The van der Waals surface area contributed by atoms with Gasteiger partial charge >= 0.3 is 0 Å². The molecule has 0 aliphatic heterocycles. The number of hydrogen-bond donors (Lipinski definition) is 1. The van der Waals surface area contributed by atoms with Gasteiger partial charge in [-0.15, -0.1) is 22.7 Å². The fourth-order valence-corrected chi connectivity index (χ4v) is 3.89. The second-order valence-corrected chi connectivity index (χ2v) is 7.28. The van der Waals surface area contributed by atoms with E-state index < -0.39 is 0 Å². The van der Waals surface area contributed by atoms with Crippen molar-refractivity contribution in [1.82, 2.24) is 10.3 Å². The third kappa shape index (κ3) is 3.38. The predicted octanol–water partition coefficient (Wildman–Crippen LogP) is 4.76. The summed E-state index contributed by atoms with van der Waals surface area (Å²) < 4.78 is 0. The van der Waals surface area contributed by atoms with Crippen molar-refractivity contribution in [3.8, 4) is 9.88 Å². The Morgan fingerprint density at radius 2 is 2.09 bits per heavy atom. The number of nitrogens with zero attached hydrogens (tertiary/aromatic N) is 1. The average molecular weight is 349 g/mol. The lowest BCUT2D eigenvalue weighted by Gasteiger charge is -2.05. The summed E-state index contributed by atoms with van der Waals surface area (Å²) in [6.45, 7) is 2.45. The number of rotatable bonds is 4. The molecule has 112 valence electrons. The van der Waals surface area contributed by atoms with Crippen molar-refractivity contribution in [2.45, 2.75) is 13.5 Å². The van der Waals surface area contributed by atoms with Crippen LogP contribution in [0.4, 0.5) is 0 Å². The van der Waals surface area contributed by atoms with Crippen LogP contribution in [0, 0.1) is 6.92 Å². The summed E-state index contributed by atoms with van der Waals surface area (Å²) in [6.07, 6.45) is 0. The van der Waals surface area contributed by atoms with Crippen LogP contribution < -0.4 is 5.32 Å². The molecule has 0 spiro atoms. The van der Waals surface area contributed by atoms with E-state index in [0.29, 0.717) is 17.3 Å². The van der Waals surface area contributed by atoms with E-state index in [0.717, 1.165) is 15.4 Å². The molecule has 0 atom stereocenters. The number of carbonyl (C=O) groups is 1. The lowest BCUT2D eigenvalue weighted by atomic mass is 10.2. The summed E-state index contributed by atoms with van der Waals surface area (Å²) in [6, 6.07) is 11.5. The van der Waals surface area contributed by atoms with Crippen LogP contribution >= 0.6 is 34.3 Å². The number of carbonyl (C=O) groups excluding carboxylic acids is 1. The van der Waals surface area contributed by atoms with E-state index in [9.17, 15) is 4.79 Å². The Kier molecular flexibility index (Phi) is 4.57. The van der Waals surface area contributed by atoms with Gasteiger partial charge < -0.3 is 5.32 Å². The first-order chi connectivity index (χ1) is 10.6. The van der Waals surface area contributed by atoms with E-state index in [2.05, 4.69) is 23.3 Å². The molecule has 1 amide bonds. The van der Waals surface area contributed by atoms with Crippen molar-refractivity contribution in [3.05, 3.63) is 62.9 Å². The Labute approximate surface area is 141 Å². The van der Waals surface area contributed by atoms with Crippen LogP contribution in [0.1, 0.15) is 20.9 Å². The largest absolute Gasteiger partial charge is 0.347 e. The van der Waals surface area contributed by atoms with Crippen molar-refractivity contribution in [3.63, 3.8) is 0 Å². The topological polar surface area (TPSA) is 42.0 Å². The van der Waals surface area contributed by atoms with Gasteiger partial charge in [0.25, 0.3) is 5.91 Å². The molecule has 6 heteroatoms. The second kappa shape index (κ2) is 6.60. The Hall–Kier alpha value is -1.69. The normalized spacial score (nSPS) is 10.6. The van der Waals surface area contributed by atoms with Crippen LogP contribution in [0.2, 0.25) is 5.02 Å². The van der Waals surface area contributed by atoms with Gasteiger partial charge in [0, 0.05) is 21.8 Å². The maximum atomic E-state index is 12.2. The number of halogens is 1. The number of thiophene rings is 1. The van der Waals surface area contributed by atoms with Gasteiger partial charge in [-0.2, -0.15) is 0 Å². The summed E-state index contributed by atoms with van der Waals surface area (Å²) in [4.78, 5) is 18.9. The van der Waals surface area contributed by atoms with E-state index in [1.165, 1.54) is 16.2 Å². The summed E-state index contributed by atoms with van der Waals surface area (Å²) in [5.74, 6) is -0.185. The molecular formula is C16H13ClN2OS2. The highest BCUT2D eigenvalue weighted by Gasteiger charge is 2.13. The molecule has 0 radical (unpaired) electrons. The number of nitrogens with one attached hydrogen (secondary N) is 1. The van der Waals surface area contributed by atoms with Crippen molar-refractivity contribution in [2.24, 2.45) is 0 Å². The van der Waals surface area contributed by atoms with Gasteiger partial charge in [0.2, 0.25) is 0 Å². The predicted molar refractivity (Wildman–Crippen MR) is 92.8 cm³/mol. The smallest absolute Gasteiger partial charge is 0.271 e. The van der Waals surface area contributed by atoms with Crippen LogP contribution in [0.3, 0.4) is 0 Å². The van der Waals surface area contributed by atoms with E-state index in [1.54, 1.807) is 16.7 Å². The van der Waals surface area contributed by atoms with Gasteiger partial charge in [-0.3, -0.25) is 4.79 Å². The summed E-state index contributed by atoms with van der Waals surface area (Å²) in [5, 5.41) is 6.16. The molecule has 0 aliphatic carbocycles. The fourth-order valence-electron chi connectivity index (χ4n) is 1.95. The van der Waals surface area contributed by atoms with Crippen LogP contribution in [0.25, 0.3) is 9.88 Å². The molecule has 0 bridgehead atoms. The van der Waals surface area contributed by atoms with Crippen molar-refractivity contribution >= 4 is 40.2 Å². The summed E-state index contributed by atoms with van der Waals surface area (Å²) in [7, 11) is 0. The minimum absolute atomic E-state index is 0.185. The maximum absolute atomic E-state index is 12.2. The van der Waals surface area contributed by atoms with Gasteiger partial charge in [0.05, 0.1) is 4.88 Å². The first kappa shape index (κ1) is 15.2. The zero-order valence-corrected chi connectivity index (χ0v) is 14.2. The minimum Gasteiger partial charge on any atom is -0.347 e. The molecule has 3 aromatic rings. The summed E-state index contributed by atoms with van der Waals surface area (Å²) >= 11 is 9.24. The van der Waals surface area contributed by atoms with Gasteiger partial charge in [0.15, 0.2) is 0 Å². The molecule has 0 aliphatic rings. The highest BCUT2D eigenvalue weighted by atomic mass is 35.5. The third-order valence-electron chi connectivity index (χ3n) is 3.09. The highest BCUT2D eigenvalue weighted by molar-refractivity contribution is 7.21. The second-order valence-electron chi connectivity index (χ2n) is 4.72. The molecular weight excluding hydrogens is 336 g/mol. The molecule has 0 saturated carbocycles. The van der Waals surface area contributed by atoms with Crippen LogP contribution in [-0.4, -0.2) is 10.9 Å². The standard InChI is InChI=1S/C16H13ClN2OS2/c1-10-6-7-14(22-10)16-19-13(9-21-16)15(20)18-8-11-4-2-3-5-12(11)17/h2-7,9H,8H2,1H3,(H,18,20). The fraction of sp³-hybridized carbons (Fsp3) is 0.125. The molecule has 0 fully saturated rings. The van der Waals surface area contributed by atoms with Crippen molar-refractivity contribution in [2.75, 3.05) is 0 Å². The number of aromatic nitrogens is 1. The number of aryl methyl sites for hydroxylation is 1. The van der Waals surface area contributed by atoms with E-state index >= 15 is 0 Å². The third-order valence-corrected chi connectivity index (χ3v) is 5.47. The van der Waals surface area contributed by atoms with E-state index in [-0.39, 0.29) is 5.91 Å². The number of benzene rings is 1. The zero-order valence-electron chi connectivity index (χ0n) is 11.8.